The molecule has 1 aromatic heterocycles. The predicted octanol–water partition coefficient (Wildman–Crippen LogP) is 2.49. The molecule has 1 amide bonds. The lowest BCUT2D eigenvalue weighted by Crippen LogP contribution is -2.32. The maximum absolute atomic E-state index is 12.1. The Morgan fingerprint density at radius 1 is 1.47 bits per heavy atom. The van der Waals surface area contributed by atoms with Crippen molar-refractivity contribution in [1.82, 2.24) is 10.3 Å². The van der Waals surface area contributed by atoms with Crippen LogP contribution in [0.25, 0.3) is 0 Å². The Morgan fingerprint density at radius 3 is 2.74 bits per heavy atom. The molecule has 0 bridgehead atoms. The van der Waals surface area contributed by atoms with Crippen molar-refractivity contribution in [3.63, 3.8) is 0 Å². The average Bonchev–Trinajstić information content (AvgIpc) is 2.72. The van der Waals surface area contributed by atoms with Crippen molar-refractivity contribution in [3.05, 3.63) is 4.88 Å². The first-order chi connectivity index (χ1) is 8.99. The van der Waals surface area contributed by atoms with E-state index in [9.17, 15) is 4.79 Å². The minimum Gasteiger partial charge on any atom is -0.382 e. The van der Waals surface area contributed by atoms with Crippen LogP contribution >= 0.6 is 11.3 Å². The molecule has 0 fully saturated rings. The zero-order valence-corrected chi connectivity index (χ0v) is 13.0. The van der Waals surface area contributed by atoms with Crippen LogP contribution < -0.4 is 16.0 Å². The molecule has 19 heavy (non-hydrogen) atoms. The van der Waals surface area contributed by atoms with Crippen molar-refractivity contribution in [3.8, 4) is 0 Å². The number of nitrogens with one attached hydrogen (secondary N) is 1. The molecule has 1 unspecified atom stereocenters. The summed E-state index contributed by atoms with van der Waals surface area (Å²) < 4.78 is 0. The third-order valence-corrected chi connectivity index (χ3v) is 4.02. The van der Waals surface area contributed by atoms with Crippen LogP contribution in [0.2, 0.25) is 0 Å². The Balaban J connectivity index is 2.75. The summed E-state index contributed by atoms with van der Waals surface area (Å²) in [5.41, 5.74) is 5.84. The largest absolute Gasteiger partial charge is 0.382 e. The van der Waals surface area contributed by atoms with Gasteiger partial charge < -0.3 is 16.0 Å². The molecule has 1 rings (SSSR count). The normalized spacial score (nSPS) is 12.2. The number of nitrogens with zero attached hydrogens (tertiary/aromatic N) is 2. The van der Waals surface area contributed by atoms with E-state index in [1.54, 1.807) is 0 Å². The second-order valence-corrected chi connectivity index (χ2v) is 5.77. The molecule has 0 spiro atoms. The quantitative estimate of drug-likeness (QED) is 0.807. The summed E-state index contributed by atoms with van der Waals surface area (Å²) in [4.78, 5) is 18.9. The van der Waals surface area contributed by atoms with Crippen molar-refractivity contribution in [2.24, 2.45) is 0 Å². The minimum atomic E-state index is -0.118. The van der Waals surface area contributed by atoms with E-state index in [1.165, 1.54) is 11.3 Å². The summed E-state index contributed by atoms with van der Waals surface area (Å²) in [5.74, 6) is 0.205. The van der Waals surface area contributed by atoms with Crippen LogP contribution in [0.1, 0.15) is 49.7 Å². The summed E-state index contributed by atoms with van der Waals surface area (Å²) in [6.45, 7) is 7.11. The van der Waals surface area contributed by atoms with Crippen LogP contribution in [0.4, 0.5) is 10.9 Å². The number of nitrogen functional groups attached to an aromatic ring is 1. The number of nitrogens with two attached hydrogens (primary N) is 1. The Hall–Kier alpha value is -1.30. The Labute approximate surface area is 119 Å². The zero-order chi connectivity index (χ0) is 14.4. The van der Waals surface area contributed by atoms with Gasteiger partial charge in [-0.1, -0.05) is 31.6 Å². The van der Waals surface area contributed by atoms with E-state index >= 15 is 0 Å². The number of hydrogen-bond acceptors (Lipinski definition) is 5. The Bertz CT molecular complexity index is 419. The maximum atomic E-state index is 12.1. The number of carbonyl (C=O) groups excluding carboxylic acids is 1. The smallest absolute Gasteiger partial charge is 0.265 e. The summed E-state index contributed by atoms with van der Waals surface area (Å²) in [5, 5.41) is 3.75. The molecule has 3 N–H and O–H groups in total. The second kappa shape index (κ2) is 7.33. The number of amides is 1. The number of thiazole rings is 1. The van der Waals surface area contributed by atoms with E-state index in [4.69, 9.17) is 5.73 Å². The van der Waals surface area contributed by atoms with Crippen molar-refractivity contribution in [2.75, 3.05) is 24.2 Å². The van der Waals surface area contributed by atoms with Crippen molar-refractivity contribution in [2.45, 2.75) is 46.1 Å². The molecule has 6 heteroatoms. The molecular weight excluding hydrogens is 260 g/mol. The molecular formula is C13H24N4OS. The van der Waals surface area contributed by atoms with Gasteiger partial charge in [-0.2, -0.15) is 0 Å². The molecule has 0 aliphatic heterocycles. The SMILES string of the molecule is CCCC(C)NC(=O)c1sc(N(C)CCC)nc1N. The molecule has 5 nitrogen and oxygen atoms in total. The molecule has 1 aromatic rings. The van der Waals surface area contributed by atoms with Crippen LogP contribution in [0.3, 0.4) is 0 Å². The van der Waals surface area contributed by atoms with Crippen LogP contribution in [0.15, 0.2) is 0 Å². The van der Waals surface area contributed by atoms with Gasteiger partial charge in [0.25, 0.3) is 5.91 Å². The molecule has 0 saturated carbocycles. The van der Waals surface area contributed by atoms with Crippen molar-refractivity contribution < 1.29 is 4.79 Å². The third kappa shape index (κ3) is 4.38. The molecule has 1 heterocycles. The lowest BCUT2D eigenvalue weighted by Gasteiger charge is -2.13. The third-order valence-electron chi connectivity index (χ3n) is 2.83. The molecule has 108 valence electrons. The summed E-state index contributed by atoms with van der Waals surface area (Å²) in [6.07, 6.45) is 3.04. The number of carbonyl (C=O) groups is 1. The van der Waals surface area contributed by atoms with Gasteiger partial charge in [0.05, 0.1) is 0 Å². The van der Waals surface area contributed by atoms with Crippen molar-refractivity contribution in [1.29, 1.82) is 0 Å². The molecule has 0 saturated heterocycles. The van der Waals surface area contributed by atoms with Gasteiger partial charge in [0.2, 0.25) is 0 Å². The van der Waals surface area contributed by atoms with Gasteiger partial charge in [0.1, 0.15) is 10.7 Å². The first-order valence-electron chi connectivity index (χ1n) is 6.77. The van der Waals surface area contributed by atoms with Crippen LogP contribution in [-0.4, -0.2) is 30.5 Å². The highest BCUT2D eigenvalue weighted by molar-refractivity contribution is 7.18. The van der Waals surface area contributed by atoms with E-state index in [0.717, 1.165) is 30.9 Å². The maximum Gasteiger partial charge on any atom is 0.265 e. The molecule has 0 aliphatic carbocycles. The molecule has 0 aliphatic rings. The molecule has 0 aromatic carbocycles. The van der Waals surface area contributed by atoms with Gasteiger partial charge >= 0.3 is 0 Å². The predicted molar refractivity (Wildman–Crippen MR) is 81.9 cm³/mol. The van der Waals surface area contributed by atoms with Gasteiger partial charge in [-0.05, 0) is 19.8 Å². The lowest BCUT2D eigenvalue weighted by molar-refractivity contribution is 0.0943. The van der Waals surface area contributed by atoms with Gasteiger partial charge in [0.15, 0.2) is 5.13 Å². The second-order valence-electron chi connectivity index (χ2n) is 4.80. The number of rotatable bonds is 7. The number of aromatic nitrogens is 1. The van der Waals surface area contributed by atoms with Gasteiger partial charge in [-0.3, -0.25) is 4.79 Å². The van der Waals surface area contributed by atoms with E-state index in [0.29, 0.717) is 10.7 Å². The van der Waals surface area contributed by atoms with Crippen molar-refractivity contribution >= 4 is 28.2 Å². The van der Waals surface area contributed by atoms with Crippen LogP contribution in [0.5, 0.6) is 0 Å². The fourth-order valence-corrected chi connectivity index (χ4v) is 2.75. The number of hydrogen-bond donors (Lipinski definition) is 2. The van der Waals surface area contributed by atoms with Crippen LogP contribution in [0, 0.1) is 0 Å². The highest BCUT2D eigenvalue weighted by Gasteiger charge is 2.19. The summed E-state index contributed by atoms with van der Waals surface area (Å²) in [7, 11) is 1.96. The first-order valence-corrected chi connectivity index (χ1v) is 7.59. The van der Waals surface area contributed by atoms with E-state index in [1.807, 2.05) is 18.9 Å². The van der Waals surface area contributed by atoms with E-state index in [2.05, 4.69) is 24.1 Å². The monoisotopic (exact) mass is 284 g/mol. The van der Waals surface area contributed by atoms with E-state index < -0.39 is 0 Å². The average molecular weight is 284 g/mol. The summed E-state index contributed by atoms with van der Waals surface area (Å²) in [6, 6.07) is 0.163. The number of anilines is 2. The fourth-order valence-electron chi connectivity index (χ4n) is 1.87. The highest BCUT2D eigenvalue weighted by atomic mass is 32.1. The van der Waals surface area contributed by atoms with Crippen LogP contribution in [-0.2, 0) is 0 Å². The standard InChI is InChI=1S/C13H24N4OS/c1-5-7-9(3)15-12(18)10-11(14)16-13(19-10)17(4)8-6-2/h9H,5-8,14H2,1-4H3,(H,15,18). The Kier molecular flexibility index (Phi) is 6.08. The van der Waals surface area contributed by atoms with E-state index in [-0.39, 0.29) is 11.9 Å². The van der Waals surface area contributed by atoms with Gasteiger partial charge in [-0.15, -0.1) is 0 Å². The minimum absolute atomic E-state index is 0.118. The highest BCUT2D eigenvalue weighted by Crippen LogP contribution is 2.27. The zero-order valence-electron chi connectivity index (χ0n) is 12.2. The Morgan fingerprint density at radius 2 is 2.16 bits per heavy atom. The van der Waals surface area contributed by atoms with Gasteiger partial charge in [-0.25, -0.2) is 4.98 Å². The van der Waals surface area contributed by atoms with Gasteiger partial charge in [0, 0.05) is 19.6 Å². The lowest BCUT2D eigenvalue weighted by atomic mass is 10.2. The fraction of sp³-hybridized carbons (Fsp3) is 0.692. The molecule has 1 atom stereocenters. The summed E-state index contributed by atoms with van der Waals surface area (Å²) >= 11 is 1.35. The topological polar surface area (TPSA) is 71.2 Å². The molecule has 0 radical (unpaired) electrons. The first kappa shape index (κ1) is 15.8.